The minimum Gasteiger partial charge on any atom is -0.307 e. The summed E-state index contributed by atoms with van der Waals surface area (Å²) in [5.41, 5.74) is 4.14. The van der Waals surface area contributed by atoms with E-state index in [0.717, 1.165) is 17.8 Å². The fourth-order valence-electron chi connectivity index (χ4n) is 3.68. The van der Waals surface area contributed by atoms with E-state index in [9.17, 15) is 9.59 Å². The van der Waals surface area contributed by atoms with Crippen molar-refractivity contribution in [1.82, 2.24) is 0 Å². The Morgan fingerprint density at radius 3 is 2.30 bits per heavy atom. The zero-order valence-corrected chi connectivity index (χ0v) is 16.8. The van der Waals surface area contributed by atoms with Crippen LogP contribution in [0.2, 0.25) is 0 Å². The number of anilines is 2. The summed E-state index contributed by atoms with van der Waals surface area (Å²) in [4.78, 5) is 28.7. The lowest BCUT2D eigenvalue weighted by molar-refractivity contribution is -0.121. The van der Waals surface area contributed by atoms with Crippen molar-refractivity contribution < 1.29 is 9.59 Å². The zero-order chi connectivity index (χ0) is 19.8. The highest BCUT2D eigenvalue weighted by atomic mass is 16.2. The predicted molar refractivity (Wildman–Crippen MR) is 110 cm³/mol. The highest BCUT2D eigenvalue weighted by molar-refractivity contribution is 6.04. The number of para-hydroxylation sites is 1. The lowest BCUT2D eigenvalue weighted by Crippen LogP contribution is -2.44. The van der Waals surface area contributed by atoms with Crippen LogP contribution >= 0.6 is 0 Å². The number of carbonyl (C=O) groups excluding carboxylic acids is 2. The molecule has 142 valence electrons. The van der Waals surface area contributed by atoms with E-state index < -0.39 is 0 Å². The number of hydrogen-bond acceptors (Lipinski definition) is 2. The summed E-state index contributed by atoms with van der Waals surface area (Å²) in [6.07, 6.45) is 0.849. The van der Waals surface area contributed by atoms with Gasteiger partial charge in [0.25, 0.3) is 0 Å². The van der Waals surface area contributed by atoms with Gasteiger partial charge in [0, 0.05) is 24.3 Å². The largest absolute Gasteiger partial charge is 0.307 e. The van der Waals surface area contributed by atoms with Crippen molar-refractivity contribution >= 4 is 23.2 Å². The van der Waals surface area contributed by atoms with E-state index in [2.05, 4.69) is 26.8 Å². The van der Waals surface area contributed by atoms with Gasteiger partial charge in [-0.1, -0.05) is 51.1 Å². The van der Waals surface area contributed by atoms with Crippen LogP contribution in [0.25, 0.3) is 0 Å². The normalized spacial score (nSPS) is 16.2. The van der Waals surface area contributed by atoms with Gasteiger partial charge in [-0.2, -0.15) is 0 Å². The predicted octanol–water partition coefficient (Wildman–Crippen LogP) is 4.31. The SMILES string of the molecule is CC(=O)N(CC(=O)N1c2ccccc2CC1C)c1ccc(C(C)(C)C)cc1. The second-order valence-corrected chi connectivity index (χ2v) is 8.35. The number of benzene rings is 2. The summed E-state index contributed by atoms with van der Waals surface area (Å²) < 4.78 is 0. The Morgan fingerprint density at radius 2 is 1.70 bits per heavy atom. The van der Waals surface area contributed by atoms with Gasteiger partial charge in [0.05, 0.1) is 0 Å². The van der Waals surface area contributed by atoms with Gasteiger partial charge in [-0.05, 0) is 48.1 Å². The maximum Gasteiger partial charge on any atom is 0.247 e. The van der Waals surface area contributed by atoms with Crippen LogP contribution in [0.5, 0.6) is 0 Å². The standard InChI is InChI=1S/C23H28N2O2/c1-16-14-18-8-6-7-9-21(18)25(16)22(27)15-24(17(2)26)20-12-10-19(11-13-20)23(3,4)5/h6-13,16H,14-15H2,1-5H3. The molecule has 3 rings (SSSR count). The van der Waals surface area contributed by atoms with Gasteiger partial charge in [-0.15, -0.1) is 0 Å². The van der Waals surface area contributed by atoms with Gasteiger partial charge in [0.2, 0.25) is 11.8 Å². The van der Waals surface area contributed by atoms with Gasteiger partial charge < -0.3 is 9.80 Å². The molecular weight excluding hydrogens is 336 g/mol. The van der Waals surface area contributed by atoms with Crippen LogP contribution in [0.3, 0.4) is 0 Å². The average molecular weight is 364 g/mol. The van der Waals surface area contributed by atoms with Crippen molar-refractivity contribution in [1.29, 1.82) is 0 Å². The molecule has 2 aromatic rings. The van der Waals surface area contributed by atoms with Gasteiger partial charge in [0.15, 0.2) is 0 Å². The molecule has 1 unspecified atom stereocenters. The molecule has 1 aliphatic rings. The fraction of sp³-hybridized carbons (Fsp3) is 0.391. The molecule has 0 saturated carbocycles. The molecule has 0 aliphatic carbocycles. The van der Waals surface area contributed by atoms with Gasteiger partial charge in [-0.25, -0.2) is 0 Å². The Balaban J connectivity index is 1.83. The molecule has 0 saturated heterocycles. The molecular formula is C23H28N2O2. The van der Waals surface area contributed by atoms with Crippen molar-refractivity contribution in [2.45, 2.75) is 52.5 Å². The second-order valence-electron chi connectivity index (χ2n) is 8.35. The van der Waals surface area contributed by atoms with Gasteiger partial charge in [0.1, 0.15) is 6.54 Å². The minimum absolute atomic E-state index is 0.0445. The van der Waals surface area contributed by atoms with Gasteiger partial charge >= 0.3 is 0 Å². The Kier molecular flexibility index (Phi) is 5.09. The molecule has 4 nitrogen and oxygen atoms in total. The van der Waals surface area contributed by atoms with Gasteiger partial charge in [-0.3, -0.25) is 9.59 Å². The quantitative estimate of drug-likeness (QED) is 0.814. The number of nitrogens with zero attached hydrogens (tertiary/aromatic N) is 2. The lowest BCUT2D eigenvalue weighted by atomic mass is 9.87. The van der Waals surface area contributed by atoms with Crippen LogP contribution in [0.4, 0.5) is 11.4 Å². The van der Waals surface area contributed by atoms with Crippen LogP contribution in [0, 0.1) is 0 Å². The number of fused-ring (bicyclic) bond motifs is 1. The Morgan fingerprint density at radius 1 is 1.07 bits per heavy atom. The second kappa shape index (κ2) is 7.18. The van der Waals surface area contributed by atoms with Crippen LogP contribution in [-0.4, -0.2) is 24.4 Å². The highest BCUT2D eigenvalue weighted by Gasteiger charge is 2.32. The van der Waals surface area contributed by atoms with Crippen molar-refractivity contribution in [2.75, 3.05) is 16.3 Å². The molecule has 1 heterocycles. The molecule has 0 aromatic heterocycles. The van der Waals surface area contributed by atoms with Crippen molar-refractivity contribution in [3.8, 4) is 0 Å². The average Bonchev–Trinajstić information content (AvgIpc) is 2.94. The molecule has 0 radical (unpaired) electrons. The molecule has 1 aliphatic heterocycles. The minimum atomic E-state index is -0.132. The summed E-state index contributed by atoms with van der Waals surface area (Å²) in [7, 11) is 0. The highest BCUT2D eigenvalue weighted by Crippen LogP contribution is 2.32. The molecule has 2 amide bonds. The molecule has 0 N–H and O–H groups in total. The fourth-order valence-corrected chi connectivity index (χ4v) is 3.68. The number of hydrogen-bond donors (Lipinski definition) is 0. The van der Waals surface area contributed by atoms with Crippen LogP contribution < -0.4 is 9.80 Å². The van der Waals surface area contributed by atoms with Crippen molar-refractivity contribution in [2.24, 2.45) is 0 Å². The van der Waals surface area contributed by atoms with E-state index in [1.165, 1.54) is 18.1 Å². The smallest absolute Gasteiger partial charge is 0.247 e. The third kappa shape index (κ3) is 3.90. The van der Waals surface area contributed by atoms with E-state index in [1.807, 2.05) is 54.3 Å². The van der Waals surface area contributed by atoms with Crippen molar-refractivity contribution in [3.63, 3.8) is 0 Å². The first kappa shape index (κ1) is 19.2. The summed E-state index contributed by atoms with van der Waals surface area (Å²) in [5.74, 6) is -0.186. The van der Waals surface area contributed by atoms with Crippen LogP contribution in [0.1, 0.15) is 45.7 Å². The van der Waals surface area contributed by atoms with E-state index in [4.69, 9.17) is 0 Å². The number of rotatable bonds is 3. The first-order chi connectivity index (χ1) is 12.7. The molecule has 0 bridgehead atoms. The summed E-state index contributed by atoms with van der Waals surface area (Å²) in [5, 5.41) is 0. The molecule has 4 heteroatoms. The molecule has 0 fully saturated rings. The van der Waals surface area contributed by atoms with Crippen LogP contribution in [0.15, 0.2) is 48.5 Å². The number of carbonyl (C=O) groups is 2. The monoisotopic (exact) mass is 364 g/mol. The van der Waals surface area contributed by atoms with E-state index in [1.54, 1.807) is 4.90 Å². The molecule has 2 aromatic carbocycles. The van der Waals surface area contributed by atoms with E-state index in [-0.39, 0.29) is 29.8 Å². The van der Waals surface area contributed by atoms with E-state index >= 15 is 0 Å². The molecule has 0 spiro atoms. The third-order valence-electron chi connectivity index (χ3n) is 5.19. The molecule has 1 atom stereocenters. The summed E-state index contributed by atoms with van der Waals surface area (Å²) in [6, 6.07) is 16.0. The first-order valence-corrected chi connectivity index (χ1v) is 9.47. The Bertz CT molecular complexity index is 849. The van der Waals surface area contributed by atoms with Crippen LogP contribution in [-0.2, 0) is 21.4 Å². The van der Waals surface area contributed by atoms with E-state index in [0.29, 0.717) is 0 Å². The summed E-state index contributed by atoms with van der Waals surface area (Å²) in [6.45, 7) is 10.1. The Hall–Kier alpha value is -2.62. The Labute approximate surface area is 161 Å². The third-order valence-corrected chi connectivity index (χ3v) is 5.19. The summed E-state index contributed by atoms with van der Waals surface area (Å²) >= 11 is 0. The molecule has 27 heavy (non-hydrogen) atoms. The topological polar surface area (TPSA) is 40.6 Å². The maximum atomic E-state index is 13.1. The van der Waals surface area contributed by atoms with Crippen molar-refractivity contribution in [3.05, 3.63) is 59.7 Å². The maximum absolute atomic E-state index is 13.1. The number of amides is 2. The lowest BCUT2D eigenvalue weighted by Gasteiger charge is -2.28. The first-order valence-electron chi connectivity index (χ1n) is 9.47. The zero-order valence-electron chi connectivity index (χ0n) is 16.8.